The summed E-state index contributed by atoms with van der Waals surface area (Å²) >= 11 is 0. The van der Waals surface area contributed by atoms with Gasteiger partial charge in [-0.3, -0.25) is 5.73 Å². The van der Waals surface area contributed by atoms with Crippen molar-refractivity contribution in [3.05, 3.63) is 23.8 Å². The molecule has 65 valence electrons. The maximum absolute atomic E-state index is 9.29. The van der Waals surface area contributed by atoms with Crippen LogP contribution in [0.15, 0.2) is 18.2 Å². The van der Waals surface area contributed by atoms with E-state index in [1.807, 2.05) is 0 Å². The maximum Gasteiger partial charge on any atom is 0.119 e. The minimum Gasteiger partial charge on any atom is -0.508 e. The molecule has 1 radical (unpaired) electrons. The third kappa shape index (κ3) is 2.13. The maximum atomic E-state index is 9.29. The standard InChI is InChI=1S/C9H12NO2/c1-6(10)4-7-5-8(11)2-3-9(7)12/h2-3,5-6,10-12H,4H2,1H3. The second-order valence-electron chi connectivity index (χ2n) is 2.92. The Hall–Kier alpha value is -1.22. The minimum atomic E-state index is -0.266. The highest BCUT2D eigenvalue weighted by Crippen LogP contribution is 2.22. The third-order valence-corrected chi connectivity index (χ3v) is 1.59. The molecule has 1 unspecified atom stereocenters. The van der Waals surface area contributed by atoms with Gasteiger partial charge in [-0.25, -0.2) is 0 Å². The fourth-order valence-electron chi connectivity index (χ4n) is 1.07. The van der Waals surface area contributed by atoms with Crippen LogP contribution in [-0.4, -0.2) is 16.3 Å². The Balaban J connectivity index is 2.90. The Labute approximate surface area is 71.5 Å². The molecule has 0 saturated heterocycles. The Kier molecular flexibility index (Phi) is 2.55. The monoisotopic (exact) mass is 166 g/mol. The average molecular weight is 166 g/mol. The molecule has 3 nitrogen and oxygen atoms in total. The van der Waals surface area contributed by atoms with Gasteiger partial charge in [0.15, 0.2) is 0 Å². The summed E-state index contributed by atoms with van der Waals surface area (Å²) < 4.78 is 0. The number of hydrogen-bond acceptors (Lipinski definition) is 2. The van der Waals surface area contributed by atoms with E-state index in [-0.39, 0.29) is 17.5 Å². The summed E-state index contributed by atoms with van der Waals surface area (Å²) in [5.74, 6) is 0.273. The first-order valence-corrected chi connectivity index (χ1v) is 3.81. The zero-order valence-electron chi connectivity index (χ0n) is 6.91. The number of phenols is 2. The Morgan fingerprint density at radius 2 is 2.08 bits per heavy atom. The SMILES string of the molecule is CC([NH])Cc1cc(O)ccc1O. The van der Waals surface area contributed by atoms with Crippen molar-refractivity contribution in [1.29, 1.82) is 0 Å². The molecule has 12 heavy (non-hydrogen) atoms. The lowest BCUT2D eigenvalue weighted by atomic mass is 10.1. The molecule has 0 bridgehead atoms. The first kappa shape index (κ1) is 8.87. The number of phenolic OH excluding ortho intramolecular Hbond substituents is 2. The third-order valence-electron chi connectivity index (χ3n) is 1.59. The normalized spacial score (nSPS) is 12.8. The quantitative estimate of drug-likeness (QED) is 0.650. The number of nitrogens with one attached hydrogen (secondary N) is 1. The van der Waals surface area contributed by atoms with Gasteiger partial charge in [0.05, 0.1) is 0 Å². The van der Waals surface area contributed by atoms with Gasteiger partial charge in [-0.05, 0) is 37.1 Å². The molecular formula is C9H12NO2. The Bertz CT molecular complexity index is 271. The first-order chi connectivity index (χ1) is 5.59. The van der Waals surface area contributed by atoms with Crippen LogP contribution in [-0.2, 0) is 6.42 Å². The van der Waals surface area contributed by atoms with E-state index in [9.17, 15) is 5.11 Å². The van der Waals surface area contributed by atoms with Crippen LogP contribution in [0.3, 0.4) is 0 Å². The molecular weight excluding hydrogens is 154 g/mol. The van der Waals surface area contributed by atoms with Crippen LogP contribution in [0.4, 0.5) is 0 Å². The molecule has 0 aliphatic heterocycles. The summed E-state index contributed by atoms with van der Waals surface area (Å²) in [4.78, 5) is 0. The first-order valence-electron chi connectivity index (χ1n) is 3.81. The highest BCUT2D eigenvalue weighted by atomic mass is 16.3. The summed E-state index contributed by atoms with van der Waals surface area (Å²) in [5, 5.41) is 18.4. The van der Waals surface area contributed by atoms with Gasteiger partial charge in [0.1, 0.15) is 11.5 Å². The van der Waals surface area contributed by atoms with Crippen molar-refractivity contribution in [3.63, 3.8) is 0 Å². The summed E-state index contributed by atoms with van der Waals surface area (Å²) in [7, 11) is 0. The van der Waals surface area contributed by atoms with Gasteiger partial charge in [0.2, 0.25) is 0 Å². The number of benzene rings is 1. The highest BCUT2D eigenvalue weighted by molar-refractivity contribution is 5.38. The number of aromatic hydroxyl groups is 2. The van der Waals surface area contributed by atoms with Crippen LogP contribution in [0.5, 0.6) is 11.5 Å². The second kappa shape index (κ2) is 3.45. The van der Waals surface area contributed by atoms with Crippen molar-refractivity contribution in [2.75, 3.05) is 0 Å². The van der Waals surface area contributed by atoms with Crippen LogP contribution in [0.1, 0.15) is 12.5 Å². The Morgan fingerprint density at radius 3 is 2.67 bits per heavy atom. The second-order valence-corrected chi connectivity index (χ2v) is 2.92. The van der Waals surface area contributed by atoms with E-state index in [1.165, 1.54) is 18.2 Å². The topological polar surface area (TPSA) is 64.3 Å². The van der Waals surface area contributed by atoms with Crippen LogP contribution < -0.4 is 5.73 Å². The van der Waals surface area contributed by atoms with Crippen LogP contribution in [0.2, 0.25) is 0 Å². The van der Waals surface area contributed by atoms with E-state index in [1.54, 1.807) is 6.92 Å². The molecule has 0 aromatic heterocycles. The van der Waals surface area contributed by atoms with Crippen molar-refractivity contribution in [3.8, 4) is 11.5 Å². The van der Waals surface area contributed by atoms with E-state index < -0.39 is 0 Å². The summed E-state index contributed by atoms with van der Waals surface area (Å²) in [5.41, 5.74) is 7.91. The van der Waals surface area contributed by atoms with Crippen LogP contribution >= 0.6 is 0 Å². The lowest BCUT2D eigenvalue weighted by Gasteiger charge is -2.06. The smallest absolute Gasteiger partial charge is 0.119 e. The van der Waals surface area contributed by atoms with E-state index >= 15 is 0 Å². The molecule has 1 rings (SSSR count). The molecule has 0 fully saturated rings. The number of hydrogen-bond donors (Lipinski definition) is 2. The molecule has 0 aliphatic carbocycles. The molecule has 3 N–H and O–H groups in total. The lowest BCUT2D eigenvalue weighted by Crippen LogP contribution is -2.06. The van der Waals surface area contributed by atoms with E-state index in [4.69, 9.17) is 10.8 Å². The average Bonchev–Trinajstić information content (AvgIpc) is 1.96. The molecule has 3 heteroatoms. The van der Waals surface area contributed by atoms with E-state index in [2.05, 4.69) is 0 Å². The van der Waals surface area contributed by atoms with Crippen molar-refractivity contribution >= 4 is 0 Å². The van der Waals surface area contributed by atoms with Gasteiger partial charge in [0.25, 0.3) is 0 Å². The van der Waals surface area contributed by atoms with Gasteiger partial charge in [-0.2, -0.15) is 0 Å². The van der Waals surface area contributed by atoms with Gasteiger partial charge in [-0.1, -0.05) is 0 Å². The summed E-state index contributed by atoms with van der Waals surface area (Å²) in [6.45, 7) is 1.74. The van der Waals surface area contributed by atoms with E-state index in [0.29, 0.717) is 12.0 Å². The van der Waals surface area contributed by atoms with E-state index in [0.717, 1.165) is 0 Å². The fraction of sp³-hybridized carbons (Fsp3) is 0.333. The molecule has 1 aromatic carbocycles. The number of rotatable bonds is 2. The van der Waals surface area contributed by atoms with Crippen LogP contribution in [0, 0.1) is 0 Å². The van der Waals surface area contributed by atoms with Gasteiger partial charge in [0, 0.05) is 6.04 Å². The molecule has 0 aliphatic rings. The van der Waals surface area contributed by atoms with Crippen LogP contribution in [0.25, 0.3) is 0 Å². The minimum absolute atomic E-state index is 0.128. The fourth-order valence-corrected chi connectivity index (χ4v) is 1.07. The predicted molar refractivity (Wildman–Crippen MR) is 46.0 cm³/mol. The molecule has 1 aromatic rings. The highest BCUT2D eigenvalue weighted by Gasteiger charge is 2.04. The molecule has 0 heterocycles. The molecule has 0 saturated carbocycles. The van der Waals surface area contributed by atoms with Crippen molar-refractivity contribution in [2.45, 2.75) is 19.4 Å². The van der Waals surface area contributed by atoms with Gasteiger partial charge in [-0.15, -0.1) is 0 Å². The molecule has 0 spiro atoms. The lowest BCUT2D eigenvalue weighted by molar-refractivity contribution is 0.452. The molecule has 0 amide bonds. The van der Waals surface area contributed by atoms with Crippen molar-refractivity contribution in [1.82, 2.24) is 5.73 Å². The zero-order chi connectivity index (χ0) is 9.14. The zero-order valence-corrected chi connectivity index (χ0v) is 6.91. The molecule has 1 atom stereocenters. The Morgan fingerprint density at radius 1 is 1.42 bits per heavy atom. The van der Waals surface area contributed by atoms with Gasteiger partial charge < -0.3 is 10.2 Å². The summed E-state index contributed by atoms with van der Waals surface area (Å²) in [6.07, 6.45) is 0.459. The largest absolute Gasteiger partial charge is 0.508 e. The van der Waals surface area contributed by atoms with Crippen molar-refractivity contribution in [2.24, 2.45) is 0 Å². The van der Waals surface area contributed by atoms with Crippen molar-refractivity contribution < 1.29 is 10.2 Å². The van der Waals surface area contributed by atoms with Gasteiger partial charge >= 0.3 is 0 Å². The predicted octanol–water partition coefficient (Wildman–Crippen LogP) is 1.31. The summed E-state index contributed by atoms with van der Waals surface area (Å²) in [6, 6.07) is 4.08.